The maximum atomic E-state index is 13.5. The average molecular weight is 413 g/mol. The summed E-state index contributed by atoms with van der Waals surface area (Å²) < 4.78 is 87.9. The van der Waals surface area contributed by atoms with Crippen LogP contribution in [-0.2, 0) is 9.59 Å². The summed E-state index contributed by atoms with van der Waals surface area (Å²) in [5.74, 6) is -17.7. The molecule has 11 heteroatoms. The van der Waals surface area contributed by atoms with E-state index in [2.05, 4.69) is 9.47 Å². The second kappa shape index (κ2) is 8.30. The van der Waals surface area contributed by atoms with E-state index < -0.39 is 71.2 Å². The monoisotopic (exact) mass is 412 g/mol. The summed E-state index contributed by atoms with van der Waals surface area (Å²) >= 11 is 5.63. The summed E-state index contributed by atoms with van der Waals surface area (Å²) in [6.45, 7) is 0. The molecule has 0 bridgehead atoms. The molecule has 0 N–H and O–H groups in total. The van der Waals surface area contributed by atoms with Gasteiger partial charge in [0.1, 0.15) is 0 Å². The van der Waals surface area contributed by atoms with Gasteiger partial charge >= 0.3 is 11.9 Å². The van der Waals surface area contributed by atoms with E-state index in [0.29, 0.717) is 0 Å². The van der Waals surface area contributed by atoms with Crippen molar-refractivity contribution >= 4 is 23.5 Å². The molecule has 0 amide bonds. The number of rotatable bonds is 5. The Morgan fingerprint density at radius 1 is 0.741 bits per heavy atom. The van der Waals surface area contributed by atoms with Crippen molar-refractivity contribution in [2.45, 2.75) is 12.8 Å². The number of hydrogen-bond donors (Lipinski definition) is 0. The first-order valence-electron chi connectivity index (χ1n) is 7.00. The summed E-state index contributed by atoms with van der Waals surface area (Å²) in [6, 6.07) is 3.42. The van der Waals surface area contributed by atoms with Crippen molar-refractivity contribution in [2.75, 3.05) is 0 Å². The molecule has 0 saturated carbocycles. The molecule has 2 rings (SSSR count). The first kappa shape index (κ1) is 20.6. The van der Waals surface area contributed by atoms with Crippen LogP contribution >= 0.6 is 11.6 Å². The highest BCUT2D eigenvalue weighted by atomic mass is 35.5. The quantitative estimate of drug-likeness (QED) is 0.239. The van der Waals surface area contributed by atoms with Crippen LogP contribution in [0.1, 0.15) is 12.8 Å². The van der Waals surface area contributed by atoms with Crippen LogP contribution in [-0.4, -0.2) is 11.9 Å². The first-order chi connectivity index (χ1) is 12.6. The fourth-order valence-corrected chi connectivity index (χ4v) is 1.99. The number of para-hydroxylation sites is 1. The zero-order valence-electron chi connectivity index (χ0n) is 12.9. The summed E-state index contributed by atoms with van der Waals surface area (Å²) in [6.07, 6.45) is -1.61. The third kappa shape index (κ3) is 4.51. The molecule has 0 radical (unpaired) electrons. The van der Waals surface area contributed by atoms with Crippen molar-refractivity contribution < 1.29 is 45.4 Å². The van der Waals surface area contributed by atoms with Crippen LogP contribution in [0.25, 0.3) is 0 Å². The standard InChI is InChI=1S/C16H7ClF6O4/c17-6-2-1-3-7(18)15(6)26-8(24)4-5-9(25)27-16-13(22)11(20)10(19)12(21)14(16)23/h1-3H,4-5H2. The Kier molecular flexibility index (Phi) is 6.32. The number of carbonyl (C=O) groups excluding carboxylic acids is 2. The van der Waals surface area contributed by atoms with Gasteiger partial charge in [-0.2, -0.15) is 8.78 Å². The molecule has 0 spiro atoms. The Morgan fingerprint density at radius 2 is 1.19 bits per heavy atom. The van der Waals surface area contributed by atoms with Gasteiger partial charge < -0.3 is 9.47 Å². The molecular formula is C16H7ClF6O4. The Balaban J connectivity index is 2.02. The van der Waals surface area contributed by atoms with E-state index in [4.69, 9.17) is 11.6 Å². The largest absolute Gasteiger partial charge is 0.422 e. The molecule has 0 aliphatic heterocycles. The van der Waals surface area contributed by atoms with Gasteiger partial charge in [0.15, 0.2) is 11.6 Å². The van der Waals surface area contributed by atoms with Crippen LogP contribution in [0.5, 0.6) is 11.5 Å². The second-order valence-corrected chi connectivity index (χ2v) is 5.31. The maximum absolute atomic E-state index is 13.5. The number of carbonyl (C=O) groups is 2. The van der Waals surface area contributed by atoms with E-state index in [1.165, 1.54) is 12.1 Å². The Morgan fingerprint density at radius 3 is 1.67 bits per heavy atom. The van der Waals surface area contributed by atoms with E-state index in [9.17, 15) is 35.9 Å². The van der Waals surface area contributed by atoms with Crippen molar-refractivity contribution in [1.29, 1.82) is 0 Å². The van der Waals surface area contributed by atoms with E-state index in [0.717, 1.165) is 6.07 Å². The fourth-order valence-electron chi connectivity index (χ4n) is 1.79. The summed E-state index contributed by atoms with van der Waals surface area (Å²) in [5, 5.41) is -0.229. The van der Waals surface area contributed by atoms with Crippen LogP contribution in [0.3, 0.4) is 0 Å². The van der Waals surface area contributed by atoms with Crippen LogP contribution in [0.15, 0.2) is 18.2 Å². The smallest absolute Gasteiger partial charge is 0.311 e. The predicted octanol–water partition coefficient (Wildman–Crippen LogP) is 4.47. The molecule has 0 unspecified atom stereocenters. The lowest BCUT2D eigenvalue weighted by atomic mass is 10.2. The van der Waals surface area contributed by atoms with Crippen molar-refractivity contribution in [3.05, 3.63) is 58.1 Å². The van der Waals surface area contributed by atoms with Gasteiger partial charge in [-0.15, -0.1) is 0 Å². The van der Waals surface area contributed by atoms with Gasteiger partial charge in [-0.25, -0.2) is 17.6 Å². The molecule has 144 valence electrons. The van der Waals surface area contributed by atoms with E-state index in [1.807, 2.05) is 0 Å². The lowest BCUT2D eigenvalue weighted by Crippen LogP contribution is -2.17. The zero-order chi connectivity index (χ0) is 20.3. The highest BCUT2D eigenvalue weighted by Gasteiger charge is 2.28. The molecule has 2 aromatic carbocycles. The number of halogens is 7. The van der Waals surface area contributed by atoms with Gasteiger partial charge in [0.2, 0.25) is 34.8 Å². The summed E-state index contributed by atoms with van der Waals surface area (Å²) in [7, 11) is 0. The normalized spacial score (nSPS) is 10.6. The highest BCUT2D eigenvalue weighted by Crippen LogP contribution is 2.30. The number of benzene rings is 2. The third-order valence-corrected chi connectivity index (χ3v) is 3.35. The highest BCUT2D eigenvalue weighted by molar-refractivity contribution is 6.32. The van der Waals surface area contributed by atoms with Gasteiger partial charge in [0, 0.05) is 0 Å². The Hall–Kier alpha value is -2.75. The van der Waals surface area contributed by atoms with Crippen molar-refractivity contribution in [3.63, 3.8) is 0 Å². The molecule has 0 atom stereocenters. The molecule has 0 saturated heterocycles. The molecule has 0 aliphatic rings. The predicted molar refractivity (Wildman–Crippen MR) is 78.1 cm³/mol. The minimum Gasteiger partial charge on any atom is -0.422 e. The zero-order valence-corrected chi connectivity index (χ0v) is 13.7. The van der Waals surface area contributed by atoms with Gasteiger partial charge in [-0.1, -0.05) is 17.7 Å². The Bertz CT molecular complexity index is 869. The van der Waals surface area contributed by atoms with Crippen molar-refractivity contribution in [3.8, 4) is 11.5 Å². The molecule has 0 heterocycles. The van der Waals surface area contributed by atoms with E-state index in [-0.39, 0.29) is 5.02 Å². The molecular weight excluding hydrogens is 406 g/mol. The average Bonchev–Trinajstić information content (AvgIpc) is 2.63. The van der Waals surface area contributed by atoms with Crippen LogP contribution in [0.4, 0.5) is 26.3 Å². The second-order valence-electron chi connectivity index (χ2n) is 4.90. The molecule has 27 heavy (non-hydrogen) atoms. The maximum Gasteiger partial charge on any atom is 0.311 e. The van der Waals surface area contributed by atoms with Crippen LogP contribution in [0.2, 0.25) is 5.02 Å². The van der Waals surface area contributed by atoms with Crippen LogP contribution in [0, 0.1) is 34.9 Å². The van der Waals surface area contributed by atoms with E-state index in [1.54, 1.807) is 0 Å². The molecule has 4 nitrogen and oxygen atoms in total. The fraction of sp³-hybridized carbons (Fsp3) is 0.125. The molecule has 2 aromatic rings. The lowest BCUT2D eigenvalue weighted by Gasteiger charge is -2.09. The number of esters is 2. The Labute approximate surface area is 152 Å². The SMILES string of the molecule is O=C(CCC(=O)Oc1c(F)c(F)c(F)c(F)c1F)Oc1c(F)cccc1Cl. The topological polar surface area (TPSA) is 52.6 Å². The number of ether oxygens (including phenoxy) is 2. The first-order valence-corrected chi connectivity index (χ1v) is 7.38. The minimum atomic E-state index is -2.42. The van der Waals surface area contributed by atoms with Crippen molar-refractivity contribution in [2.24, 2.45) is 0 Å². The van der Waals surface area contributed by atoms with Crippen molar-refractivity contribution in [1.82, 2.24) is 0 Å². The lowest BCUT2D eigenvalue weighted by molar-refractivity contribution is -0.141. The van der Waals surface area contributed by atoms with Gasteiger partial charge in [-0.3, -0.25) is 9.59 Å². The molecule has 0 aromatic heterocycles. The molecule has 0 fully saturated rings. The third-order valence-electron chi connectivity index (χ3n) is 3.05. The summed E-state index contributed by atoms with van der Waals surface area (Å²) in [4.78, 5) is 23.1. The van der Waals surface area contributed by atoms with E-state index >= 15 is 0 Å². The number of hydrogen-bond acceptors (Lipinski definition) is 4. The van der Waals surface area contributed by atoms with Gasteiger partial charge in [0.05, 0.1) is 17.9 Å². The summed E-state index contributed by atoms with van der Waals surface area (Å²) in [5.41, 5.74) is 0. The minimum absolute atomic E-state index is 0.229. The van der Waals surface area contributed by atoms with Gasteiger partial charge in [0.25, 0.3) is 0 Å². The molecule has 0 aliphatic carbocycles. The van der Waals surface area contributed by atoms with Gasteiger partial charge in [-0.05, 0) is 12.1 Å². The van der Waals surface area contributed by atoms with Crippen LogP contribution < -0.4 is 9.47 Å².